The van der Waals surface area contributed by atoms with E-state index in [1.807, 2.05) is 13.0 Å². The largest absolute Gasteiger partial charge is 0.496 e. The minimum Gasteiger partial charge on any atom is -0.496 e. The Morgan fingerprint density at radius 2 is 1.59 bits per heavy atom. The van der Waals surface area contributed by atoms with E-state index < -0.39 is 5.82 Å². The van der Waals surface area contributed by atoms with Crippen molar-refractivity contribution < 1.29 is 28.1 Å². The lowest BCUT2D eigenvalue weighted by molar-refractivity contribution is 0.102. The van der Waals surface area contributed by atoms with Crippen LogP contribution in [-0.4, -0.2) is 27.1 Å². The van der Waals surface area contributed by atoms with Crippen molar-refractivity contribution in [3.05, 3.63) is 80.6 Å². The molecule has 0 spiro atoms. The number of ether oxygens (including phenoxy) is 4. The molecule has 5 nitrogen and oxygen atoms in total. The smallest absolute Gasteiger partial charge is 0.204 e. The van der Waals surface area contributed by atoms with Crippen LogP contribution in [0.5, 0.6) is 23.0 Å². The van der Waals surface area contributed by atoms with E-state index in [0.717, 1.165) is 10.0 Å². The Hall–Kier alpha value is -3.06. The minimum atomic E-state index is -0.400. The number of hydrogen-bond donors (Lipinski definition) is 0. The molecule has 0 fully saturated rings. The van der Waals surface area contributed by atoms with Crippen LogP contribution in [0.3, 0.4) is 0 Å². The number of aryl methyl sites for hydroxylation is 1. The van der Waals surface area contributed by atoms with Gasteiger partial charge in [-0.2, -0.15) is 0 Å². The monoisotopic (exact) mass is 502 g/mol. The molecule has 0 N–H and O–H groups in total. The Kier molecular flexibility index (Phi) is 7.40. The van der Waals surface area contributed by atoms with E-state index in [0.29, 0.717) is 33.8 Å². The number of hydrogen-bond acceptors (Lipinski definition) is 5. The lowest BCUT2D eigenvalue weighted by atomic mass is 9.93. The molecule has 0 amide bonds. The van der Waals surface area contributed by atoms with E-state index in [4.69, 9.17) is 18.9 Å². The van der Waals surface area contributed by atoms with Gasteiger partial charge in [-0.15, -0.1) is 0 Å². The van der Waals surface area contributed by atoms with Crippen LogP contribution in [0.1, 0.15) is 32.6 Å². The van der Waals surface area contributed by atoms with Gasteiger partial charge in [-0.05, 0) is 49.2 Å². The molecule has 0 saturated carbocycles. The molecular formula is C25H24BrFO5. The van der Waals surface area contributed by atoms with Crippen LogP contribution in [0, 0.1) is 19.7 Å². The van der Waals surface area contributed by atoms with E-state index in [-0.39, 0.29) is 23.9 Å². The maximum Gasteiger partial charge on any atom is 0.204 e. The summed E-state index contributed by atoms with van der Waals surface area (Å²) in [6.07, 6.45) is 0. The van der Waals surface area contributed by atoms with Gasteiger partial charge in [0.25, 0.3) is 0 Å². The molecule has 0 aliphatic heterocycles. The van der Waals surface area contributed by atoms with Gasteiger partial charge in [0.05, 0.1) is 32.5 Å². The van der Waals surface area contributed by atoms with Crippen molar-refractivity contribution in [2.45, 2.75) is 20.5 Å². The number of halogens is 2. The zero-order chi connectivity index (χ0) is 23.4. The van der Waals surface area contributed by atoms with Crippen LogP contribution in [-0.2, 0) is 6.61 Å². The van der Waals surface area contributed by atoms with Gasteiger partial charge in [0.15, 0.2) is 11.5 Å². The molecule has 32 heavy (non-hydrogen) atoms. The van der Waals surface area contributed by atoms with E-state index >= 15 is 0 Å². The third-order valence-corrected chi connectivity index (χ3v) is 6.05. The van der Waals surface area contributed by atoms with Gasteiger partial charge >= 0.3 is 0 Å². The SMILES string of the molecule is COc1cc(C)c(C(=O)c2c(OC)ccc(Br)c2C)c(OCc2ccccc2F)c1OC. The average molecular weight is 503 g/mol. The molecule has 0 unspecified atom stereocenters. The third-order valence-electron chi connectivity index (χ3n) is 5.19. The second-order valence-corrected chi connectivity index (χ2v) is 7.95. The second-order valence-electron chi connectivity index (χ2n) is 7.09. The normalized spacial score (nSPS) is 10.6. The minimum absolute atomic E-state index is 0.0927. The molecule has 0 radical (unpaired) electrons. The fourth-order valence-corrected chi connectivity index (χ4v) is 3.84. The fourth-order valence-electron chi connectivity index (χ4n) is 3.51. The van der Waals surface area contributed by atoms with E-state index in [2.05, 4.69) is 15.9 Å². The van der Waals surface area contributed by atoms with Gasteiger partial charge in [0.1, 0.15) is 18.2 Å². The second kappa shape index (κ2) is 10.0. The summed E-state index contributed by atoms with van der Waals surface area (Å²) in [7, 11) is 4.47. The number of benzene rings is 3. The van der Waals surface area contributed by atoms with Gasteiger partial charge in [0.2, 0.25) is 11.5 Å². The summed E-state index contributed by atoms with van der Waals surface area (Å²) < 4.78 is 37.4. The summed E-state index contributed by atoms with van der Waals surface area (Å²) in [4.78, 5) is 13.8. The van der Waals surface area contributed by atoms with E-state index in [1.165, 1.54) is 27.4 Å². The van der Waals surface area contributed by atoms with E-state index in [1.54, 1.807) is 37.3 Å². The summed E-state index contributed by atoms with van der Waals surface area (Å²) >= 11 is 3.48. The molecule has 7 heteroatoms. The Balaban J connectivity index is 2.20. The summed E-state index contributed by atoms with van der Waals surface area (Å²) in [5.74, 6) is 0.572. The highest BCUT2D eigenvalue weighted by molar-refractivity contribution is 9.10. The van der Waals surface area contributed by atoms with Crippen LogP contribution in [0.4, 0.5) is 4.39 Å². The molecule has 0 bridgehead atoms. The first-order valence-corrected chi connectivity index (χ1v) is 10.6. The van der Waals surface area contributed by atoms with Crippen LogP contribution in [0.25, 0.3) is 0 Å². The van der Waals surface area contributed by atoms with Crippen LogP contribution >= 0.6 is 15.9 Å². The van der Waals surface area contributed by atoms with E-state index in [9.17, 15) is 9.18 Å². The van der Waals surface area contributed by atoms with Gasteiger partial charge in [-0.25, -0.2) is 4.39 Å². The maximum atomic E-state index is 14.2. The topological polar surface area (TPSA) is 54.0 Å². The Morgan fingerprint density at radius 1 is 0.906 bits per heavy atom. The standard InChI is InChI=1S/C25H24BrFO5/c1-14-12-20(30-4)24(31-5)25(32-13-16-8-6-7-9-18(16)27)21(14)23(28)22-15(2)17(26)10-11-19(22)29-3/h6-12H,13H2,1-5H3. The highest BCUT2D eigenvalue weighted by atomic mass is 79.9. The van der Waals surface area contributed by atoms with Crippen molar-refractivity contribution in [3.8, 4) is 23.0 Å². The summed E-state index contributed by atoms with van der Waals surface area (Å²) in [5.41, 5.74) is 2.39. The number of ketones is 1. The molecule has 3 aromatic rings. The number of carbonyl (C=O) groups excluding carboxylic acids is 1. The van der Waals surface area contributed by atoms with Crippen molar-refractivity contribution in [1.29, 1.82) is 0 Å². The van der Waals surface area contributed by atoms with Crippen molar-refractivity contribution in [3.63, 3.8) is 0 Å². The molecule has 0 aliphatic carbocycles. The molecule has 3 aromatic carbocycles. The number of rotatable bonds is 8. The first-order valence-electron chi connectivity index (χ1n) is 9.83. The maximum absolute atomic E-state index is 14.2. The van der Waals surface area contributed by atoms with Gasteiger partial charge in [-0.3, -0.25) is 4.79 Å². The zero-order valence-corrected chi connectivity index (χ0v) is 20.1. The van der Waals surface area contributed by atoms with Crippen molar-refractivity contribution in [1.82, 2.24) is 0 Å². The predicted molar refractivity (Wildman–Crippen MR) is 124 cm³/mol. The lowest BCUT2D eigenvalue weighted by Gasteiger charge is -2.21. The highest BCUT2D eigenvalue weighted by Crippen LogP contribution is 2.44. The van der Waals surface area contributed by atoms with Gasteiger partial charge < -0.3 is 18.9 Å². The Labute approximate surface area is 195 Å². The summed E-state index contributed by atoms with van der Waals surface area (Å²) in [6.45, 7) is 3.52. The molecule has 0 heterocycles. The van der Waals surface area contributed by atoms with Crippen LogP contribution in [0.2, 0.25) is 0 Å². The molecular weight excluding hydrogens is 479 g/mol. The van der Waals surface area contributed by atoms with Crippen molar-refractivity contribution >= 4 is 21.7 Å². The lowest BCUT2D eigenvalue weighted by Crippen LogP contribution is -2.13. The molecule has 0 aromatic heterocycles. The Morgan fingerprint density at radius 3 is 2.22 bits per heavy atom. The first-order chi connectivity index (χ1) is 15.3. The molecule has 3 rings (SSSR count). The number of methoxy groups -OCH3 is 3. The van der Waals surface area contributed by atoms with Crippen molar-refractivity contribution in [2.24, 2.45) is 0 Å². The summed E-state index contributed by atoms with van der Waals surface area (Å²) in [6, 6.07) is 11.6. The van der Waals surface area contributed by atoms with Gasteiger partial charge in [-0.1, -0.05) is 34.1 Å². The molecule has 0 aliphatic rings. The molecule has 168 valence electrons. The molecule has 0 saturated heterocycles. The van der Waals surface area contributed by atoms with Crippen LogP contribution < -0.4 is 18.9 Å². The van der Waals surface area contributed by atoms with Gasteiger partial charge in [0, 0.05) is 10.0 Å². The third kappa shape index (κ3) is 4.43. The number of carbonyl (C=O) groups is 1. The first kappa shape index (κ1) is 23.6. The predicted octanol–water partition coefficient (Wildman–Crippen LogP) is 6.04. The van der Waals surface area contributed by atoms with Crippen molar-refractivity contribution in [2.75, 3.05) is 21.3 Å². The Bertz CT molecular complexity index is 1160. The summed E-state index contributed by atoms with van der Waals surface area (Å²) in [5, 5.41) is 0. The zero-order valence-electron chi connectivity index (χ0n) is 18.5. The molecule has 0 atom stereocenters. The average Bonchev–Trinajstić information content (AvgIpc) is 2.79. The highest BCUT2D eigenvalue weighted by Gasteiger charge is 2.28. The van der Waals surface area contributed by atoms with Crippen LogP contribution in [0.15, 0.2) is 46.9 Å². The quantitative estimate of drug-likeness (QED) is 0.351. The fraction of sp³-hybridized carbons (Fsp3) is 0.240.